The van der Waals surface area contributed by atoms with E-state index < -0.39 is 5.41 Å². The number of aryl methyl sites for hydroxylation is 1. The molecule has 2 rings (SSSR count). The molecule has 16 heavy (non-hydrogen) atoms. The van der Waals surface area contributed by atoms with Gasteiger partial charge >= 0.3 is 0 Å². The summed E-state index contributed by atoms with van der Waals surface area (Å²) in [5, 5.41) is 0. The first-order valence-corrected chi connectivity index (χ1v) is 5.22. The summed E-state index contributed by atoms with van der Waals surface area (Å²) in [7, 11) is 1.93. The van der Waals surface area contributed by atoms with Crippen molar-refractivity contribution in [2.24, 2.45) is 7.05 Å². The molecular formula is C12H15N3O. The third-order valence-corrected chi connectivity index (χ3v) is 3.12. The first kappa shape index (κ1) is 10.8. The van der Waals surface area contributed by atoms with E-state index in [4.69, 9.17) is 0 Å². The van der Waals surface area contributed by atoms with Gasteiger partial charge < -0.3 is 4.57 Å². The molecular weight excluding hydrogens is 202 g/mol. The standard InChI is InChI=1S/C12H15N3O/c1-8(16)12(2,3)11-14-9-7-13-6-5-10(9)15(11)4/h5-7H,1-4H3. The van der Waals surface area contributed by atoms with E-state index in [1.807, 2.05) is 31.5 Å². The summed E-state index contributed by atoms with van der Waals surface area (Å²) in [6.45, 7) is 5.38. The number of rotatable bonds is 2. The van der Waals surface area contributed by atoms with Gasteiger partial charge in [0.15, 0.2) is 0 Å². The lowest BCUT2D eigenvalue weighted by Gasteiger charge is -2.20. The van der Waals surface area contributed by atoms with Crippen molar-refractivity contribution in [3.63, 3.8) is 0 Å². The Kier molecular flexibility index (Phi) is 2.30. The molecule has 0 radical (unpaired) electrons. The van der Waals surface area contributed by atoms with Crippen molar-refractivity contribution >= 4 is 16.8 Å². The Morgan fingerprint density at radius 2 is 2.12 bits per heavy atom. The van der Waals surface area contributed by atoms with Crippen LogP contribution in [-0.4, -0.2) is 20.3 Å². The molecule has 2 heterocycles. The molecule has 0 atom stereocenters. The number of hydrogen-bond donors (Lipinski definition) is 0. The van der Waals surface area contributed by atoms with Gasteiger partial charge in [0, 0.05) is 13.2 Å². The third kappa shape index (κ3) is 1.41. The maximum atomic E-state index is 11.6. The SMILES string of the molecule is CC(=O)C(C)(C)c1nc2cnccc2n1C. The van der Waals surface area contributed by atoms with Crippen LogP contribution in [-0.2, 0) is 17.3 Å². The molecule has 0 amide bonds. The van der Waals surface area contributed by atoms with Crippen molar-refractivity contribution in [3.8, 4) is 0 Å². The second kappa shape index (κ2) is 3.40. The number of pyridine rings is 1. The zero-order valence-electron chi connectivity index (χ0n) is 9.98. The molecule has 0 unspecified atom stereocenters. The van der Waals surface area contributed by atoms with Gasteiger partial charge in [-0.15, -0.1) is 0 Å². The number of nitrogens with zero attached hydrogens (tertiary/aromatic N) is 3. The van der Waals surface area contributed by atoms with Gasteiger partial charge in [0.2, 0.25) is 0 Å². The number of imidazole rings is 1. The molecule has 0 N–H and O–H groups in total. The number of Topliss-reactive ketones (excluding diaryl/α,β-unsaturated/α-hetero) is 1. The molecule has 0 aliphatic heterocycles. The maximum absolute atomic E-state index is 11.6. The van der Waals surface area contributed by atoms with Crippen molar-refractivity contribution in [1.29, 1.82) is 0 Å². The Balaban J connectivity index is 2.71. The van der Waals surface area contributed by atoms with Gasteiger partial charge in [-0.05, 0) is 26.8 Å². The van der Waals surface area contributed by atoms with Crippen molar-refractivity contribution in [2.75, 3.05) is 0 Å². The minimum Gasteiger partial charge on any atom is -0.330 e. The number of carbonyl (C=O) groups is 1. The summed E-state index contributed by atoms with van der Waals surface area (Å²) in [6.07, 6.45) is 3.45. The van der Waals surface area contributed by atoms with Crippen molar-refractivity contribution in [3.05, 3.63) is 24.3 Å². The van der Waals surface area contributed by atoms with E-state index >= 15 is 0 Å². The van der Waals surface area contributed by atoms with Gasteiger partial charge in [0.25, 0.3) is 0 Å². The number of fused-ring (bicyclic) bond motifs is 1. The van der Waals surface area contributed by atoms with Crippen LogP contribution in [0.3, 0.4) is 0 Å². The van der Waals surface area contributed by atoms with E-state index in [1.54, 1.807) is 19.3 Å². The predicted octanol–water partition coefficient (Wildman–Crippen LogP) is 1.83. The van der Waals surface area contributed by atoms with E-state index in [-0.39, 0.29) is 5.78 Å². The molecule has 0 aromatic carbocycles. The van der Waals surface area contributed by atoms with Crippen molar-refractivity contribution < 1.29 is 4.79 Å². The fraction of sp³-hybridized carbons (Fsp3) is 0.417. The summed E-state index contributed by atoms with van der Waals surface area (Å²) < 4.78 is 1.96. The lowest BCUT2D eigenvalue weighted by molar-refractivity contribution is -0.121. The normalized spacial score (nSPS) is 12.0. The molecule has 84 valence electrons. The summed E-state index contributed by atoms with van der Waals surface area (Å²) in [4.78, 5) is 20.1. The molecule has 4 nitrogen and oxygen atoms in total. The van der Waals surface area contributed by atoms with E-state index in [9.17, 15) is 4.79 Å². The first-order chi connectivity index (χ1) is 7.44. The van der Waals surface area contributed by atoms with E-state index in [0.717, 1.165) is 16.9 Å². The molecule has 0 aliphatic carbocycles. The van der Waals surface area contributed by atoms with Crippen LogP contribution in [0.25, 0.3) is 11.0 Å². The molecule has 0 spiro atoms. The monoisotopic (exact) mass is 217 g/mol. The molecule has 4 heteroatoms. The quantitative estimate of drug-likeness (QED) is 0.771. The van der Waals surface area contributed by atoms with Gasteiger partial charge in [-0.3, -0.25) is 9.78 Å². The third-order valence-electron chi connectivity index (χ3n) is 3.12. The molecule has 0 saturated carbocycles. The van der Waals surface area contributed by atoms with Crippen LogP contribution < -0.4 is 0 Å². The van der Waals surface area contributed by atoms with Crippen LogP contribution in [0.5, 0.6) is 0 Å². The van der Waals surface area contributed by atoms with Crippen molar-refractivity contribution in [2.45, 2.75) is 26.2 Å². The van der Waals surface area contributed by atoms with Crippen LogP contribution in [0.1, 0.15) is 26.6 Å². The van der Waals surface area contributed by atoms with Crippen LogP contribution in [0.2, 0.25) is 0 Å². The number of ketones is 1. The highest BCUT2D eigenvalue weighted by atomic mass is 16.1. The largest absolute Gasteiger partial charge is 0.330 e. The van der Waals surface area contributed by atoms with Crippen LogP contribution in [0, 0.1) is 0 Å². The van der Waals surface area contributed by atoms with Crippen LogP contribution in [0.15, 0.2) is 18.5 Å². The summed E-state index contributed by atoms with van der Waals surface area (Å²) in [6, 6.07) is 1.90. The summed E-state index contributed by atoms with van der Waals surface area (Å²) >= 11 is 0. The van der Waals surface area contributed by atoms with E-state index in [0.29, 0.717) is 0 Å². The Morgan fingerprint density at radius 3 is 2.69 bits per heavy atom. The zero-order chi connectivity index (χ0) is 11.9. The average molecular weight is 217 g/mol. The second-order valence-electron chi connectivity index (χ2n) is 4.54. The molecule has 0 saturated heterocycles. The minimum atomic E-state index is -0.562. The van der Waals surface area contributed by atoms with Gasteiger partial charge in [-0.1, -0.05) is 0 Å². The average Bonchev–Trinajstić information content (AvgIpc) is 2.57. The Labute approximate surface area is 94.3 Å². The maximum Gasteiger partial charge on any atom is 0.142 e. The fourth-order valence-electron chi connectivity index (χ4n) is 1.77. The number of aromatic nitrogens is 3. The highest BCUT2D eigenvalue weighted by Crippen LogP contribution is 2.26. The molecule has 2 aromatic heterocycles. The lowest BCUT2D eigenvalue weighted by Crippen LogP contribution is -2.29. The van der Waals surface area contributed by atoms with Gasteiger partial charge in [-0.25, -0.2) is 4.98 Å². The Hall–Kier alpha value is -1.71. The Bertz CT molecular complexity index is 554. The first-order valence-electron chi connectivity index (χ1n) is 5.22. The van der Waals surface area contributed by atoms with E-state index in [1.165, 1.54) is 0 Å². The van der Waals surface area contributed by atoms with Gasteiger partial charge in [0.1, 0.15) is 17.1 Å². The summed E-state index contributed by atoms with van der Waals surface area (Å²) in [5.41, 5.74) is 1.27. The topological polar surface area (TPSA) is 47.8 Å². The molecule has 0 aliphatic rings. The summed E-state index contributed by atoms with van der Waals surface area (Å²) in [5.74, 6) is 0.891. The zero-order valence-corrected chi connectivity index (χ0v) is 9.98. The van der Waals surface area contributed by atoms with Gasteiger partial charge in [0.05, 0.1) is 17.1 Å². The van der Waals surface area contributed by atoms with E-state index in [2.05, 4.69) is 9.97 Å². The van der Waals surface area contributed by atoms with Crippen LogP contribution in [0.4, 0.5) is 0 Å². The van der Waals surface area contributed by atoms with Crippen molar-refractivity contribution in [1.82, 2.24) is 14.5 Å². The second-order valence-corrected chi connectivity index (χ2v) is 4.54. The number of hydrogen-bond acceptors (Lipinski definition) is 3. The number of carbonyl (C=O) groups excluding carboxylic acids is 1. The highest BCUT2D eigenvalue weighted by molar-refractivity contribution is 5.87. The predicted molar refractivity (Wildman–Crippen MR) is 62.2 cm³/mol. The highest BCUT2D eigenvalue weighted by Gasteiger charge is 2.31. The molecule has 0 fully saturated rings. The lowest BCUT2D eigenvalue weighted by atomic mass is 9.88. The van der Waals surface area contributed by atoms with Crippen LogP contribution >= 0.6 is 0 Å². The molecule has 0 bridgehead atoms. The smallest absolute Gasteiger partial charge is 0.142 e. The molecule has 2 aromatic rings. The van der Waals surface area contributed by atoms with Gasteiger partial charge in [-0.2, -0.15) is 0 Å². The Morgan fingerprint density at radius 1 is 1.44 bits per heavy atom. The fourth-order valence-corrected chi connectivity index (χ4v) is 1.77. The minimum absolute atomic E-state index is 0.110.